The van der Waals surface area contributed by atoms with Gasteiger partial charge < -0.3 is 36.2 Å². The maximum atomic E-state index is 13.6. The number of hydrogen-bond acceptors (Lipinski definition) is 9. The van der Waals surface area contributed by atoms with Gasteiger partial charge in [0, 0.05) is 29.4 Å². The van der Waals surface area contributed by atoms with Crippen molar-refractivity contribution in [3.8, 4) is 0 Å². The number of nitrogens with zero attached hydrogens (tertiary/aromatic N) is 2. The topological polar surface area (TPSA) is 201 Å². The van der Waals surface area contributed by atoms with Crippen LogP contribution in [0.25, 0.3) is 10.8 Å². The van der Waals surface area contributed by atoms with E-state index in [4.69, 9.17) is 25.5 Å². The minimum absolute atomic E-state index is 0.113. The normalized spacial score (nSPS) is 15.5. The second-order valence-corrected chi connectivity index (χ2v) is 11.7. The number of pyridine rings is 1. The fourth-order valence-electron chi connectivity index (χ4n) is 4.29. The molecule has 1 aromatic carbocycles. The van der Waals surface area contributed by atoms with E-state index in [1.54, 1.807) is 27.0 Å². The monoisotopic (exact) mass is 645 g/mol. The van der Waals surface area contributed by atoms with Crippen LogP contribution in [0.15, 0.2) is 30.5 Å². The summed E-state index contributed by atoms with van der Waals surface area (Å²) in [6.07, 6.45) is -3.14. The number of hydrogen-bond donors (Lipinski definition) is 5. The van der Waals surface area contributed by atoms with Crippen LogP contribution in [0.3, 0.4) is 0 Å². The van der Waals surface area contributed by atoms with E-state index in [0.29, 0.717) is 25.2 Å². The Morgan fingerprint density at radius 3 is 2.43 bits per heavy atom. The highest BCUT2D eigenvalue weighted by Gasteiger charge is 2.44. The third-order valence-corrected chi connectivity index (χ3v) is 7.83. The predicted molar refractivity (Wildman–Crippen MR) is 155 cm³/mol. The van der Waals surface area contributed by atoms with Gasteiger partial charge in [0.05, 0.1) is 12.4 Å². The summed E-state index contributed by atoms with van der Waals surface area (Å²) in [4.78, 5) is 64.6. The van der Waals surface area contributed by atoms with Crippen LogP contribution in [0.2, 0.25) is 0 Å². The number of anilines is 1. The molecule has 1 fully saturated rings. The summed E-state index contributed by atoms with van der Waals surface area (Å²) in [5.41, 5.74) is 6.78. The SMILES string of the molecule is CCOC(=O)N[C@H](C(=O)N1CCC[C@H]1C(=O)NCc1ccc2c(N)nccc2c1)C(C)(C)SCC(=O)O.O=C(O)C(F)(F)F. The lowest BCUT2D eigenvalue weighted by atomic mass is 10.0. The van der Waals surface area contributed by atoms with Gasteiger partial charge in [-0.1, -0.05) is 12.1 Å². The molecule has 44 heavy (non-hydrogen) atoms. The van der Waals surface area contributed by atoms with Crippen LogP contribution in [-0.2, 0) is 30.5 Å². The van der Waals surface area contributed by atoms with Gasteiger partial charge in [-0.25, -0.2) is 14.6 Å². The first-order valence-electron chi connectivity index (χ1n) is 13.3. The lowest BCUT2D eigenvalue weighted by Crippen LogP contribution is -2.59. The summed E-state index contributed by atoms with van der Waals surface area (Å²) in [7, 11) is 0. The van der Waals surface area contributed by atoms with E-state index in [0.717, 1.165) is 28.1 Å². The number of likely N-dealkylation sites (tertiary alicyclic amines) is 1. The third kappa shape index (κ3) is 10.2. The molecule has 1 aliphatic rings. The molecule has 0 unspecified atom stereocenters. The van der Waals surface area contributed by atoms with Crippen LogP contribution in [0.5, 0.6) is 0 Å². The Bertz CT molecular complexity index is 1370. The highest BCUT2D eigenvalue weighted by Crippen LogP contribution is 2.31. The van der Waals surface area contributed by atoms with Crippen LogP contribution in [0.4, 0.5) is 23.8 Å². The number of thioether (sulfide) groups is 1. The molecule has 242 valence electrons. The number of alkyl halides is 3. The van der Waals surface area contributed by atoms with Crippen LogP contribution >= 0.6 is 11.8 Å². The number of halogens is 3. The molecule has 13 nitrogen and oxygen atoms in total. The van der Waals surface area contributed by atoms with E-state index in [2.05, 4.69) is 15.6 Å². The van der Waals surface area contributed by atoms with Crippen molar-refractivity contribution in [1.29, 1.82) is 0 Å². The highest BCUT2D eigenvalue weighted by atomic mass is 32.2. The van der Waals surface area contributed by atoms with Gasteiger partial charge in [-0.15, -0.1) is 11.8 Å². The molecule has 0 saturated carbocycles. The molecule has 1 saturated heterocycles. The van der Waals surface area contributed by atoms with E-state index in [-0.39, 0.29) is 24.8 Å². The first-order chi connectivity index (χ1) is 20.5. The summed E-state index contributed by atoms with van der Waals surface area (Å²) in [6.45, 7) is 5.73. The number of rotatable bonds is 10. The van der Waals surface area contributed by atoms with Crippen LogP contribution in [0, 0.1) is 0 Å². The Kier molecular flexibility index (Phi) is 12.6. The number of nitrogens with one attached hydrogen (secondary N) is 2. The molecule has 0 bridgehead atoms. The van der Waals surface area contributed by atoms with Crippen LogP contribution < -0.4 is 16.4 Å². The number of nitrogen functional groups attached to an aromatic ring is 1. The van der Waals surface area contributed by atoms with Crippen molar-refractivity contribution in [3.05, 3.63) is 36.0 Å². The van der Waals surface area contributed by atoms with Crippen molar-refractivity contribution >= 4 is 58.2 Å². The van der Waals surface area contributed by atoms with Crippen molar-refractivity contribution in [2.75, 3.05) is 24.6 Å². The van der Waals surface area contributed by atoms with E-state index in [9.17, 15) is 32.3 Å². The number of aliphatic carboxylic acids is 2. The Morgan fingerprint density at radius 2 is 1.84 bits per heavy atom. The number of ether oxygens (including phenoxy) is 1. The zero-order valence-electron chi connectivity index (χ0n) is 24.1. The number of benzene rings is 1. The molecular formula is C27H34F3N5O8S. The van der Waals surface area contributed by atoms with Gasteiger partial charge in [0.25, 0.3) is 0 Å². The standard InChI is InChI=1S/C25H33N5O6S.C2HF3O2/c1-4-36-24(35)29-20(25(2,3)37-14-19(31)32)23(34)30-11-5-6-18(30)22(33)28-13-15-7-8-17-16(12-15)9-10-27-21(17)26;3-2(4,5)1(6)7/h7-10,12,18,20H,4-6,11,13-14H2,1-3H3,(H2,26,27)(H,28,33)(H,29,35)(H,31,32);(H,6,7)/t18-,20+;/m0./s1. The summed E-state index contributed by atoms with van der Waals surface area (Å²) in [5.74, 6) is -4.37. The molecule has 6 N–H and O–H groups in total. The third-order valence-electron chi connectivity index (χ3n) is 6.45. The summed E-state index contributed by atoms with van der Waals surface area (Å²) < 4.78 is 35.7. The fraction of sp³-hybridized carbons (Fsp3) is 0.481. The van der Waals surface area contributed by atoms with Crippen molar-refractivity contribution < 1.29 is 52.1 Å². The smallest absolute Gasteiger partial charge is 0.481 e. The number of aromatic nitrogens is 1. The van der Waals surface area contributed by atoms with E-state index >= 15 is 0 Å². The number of carboxylic acids is 2. The van der Waals surface area contributed by atoms with Crippen molar-refractivity contribution in [1.82, 2.24) is 20.5 Å². The molecule has 2 atom stereocenters. The molecule has 3 rings (SSSR count). The first-order valence-corrected chi connectivity index (χ1v) is 14.3. The molecule has 1 aliphatic heterocycles. The van der Waals surface area contributed by atoms with Gasteiger partial charge in [-0.2, -0.15) is 13.2 Å². The number of carbonyl (C=O) groups is 5. The number of amides is 3. The highest BCUT2D eigenvalue weighted by molar-refractivity contribution is 8.01. The van der Waals surface area contributed by atoms with E-state index in [1.807, 2.05) is 24.3 Å². The summed E-state index contributed by atoms with van der Waals surface area (Å²) >= 11 is 1.03. The molecule has 3 amide bonds. The summed E-state index contributed by atoms with van der Waals surface area (Å²) in [6, 6.07) is 5.68. The molecule has 0 aliphatic carbocycles. The van der Waals surface area contributed by atoms with E-state index < -0.39 is 46.9 Å². The number of carboxylic acid groups (broad SMARTS) is 2. The van der Waals surface area contributed by atoms with Gasteiger partial charge in [-0.05, 0) is 56.7 Å². The zero-order chi connectivity index (χ0) is 33.2. The Morgan fingerprint density at radius 1 is 1.18 bits per heavy atom. The molecule has 2 aromatic rings. The molecule has 0 spiro atoms. The largest absolute Gasteiger partial charge is 0.490 e. The van der Waals surface area contributed by atoms with Crippen LogP contribution in [-0.4, -0.2) is 91.9 Å². The Hall–Kier alpha value is -4.28. The number of alkyl carbamates (subject to hydrolysis) is 1. The van der Waals surface area contributed by atoms with Gasteiger partial charge >= 0.3 is 24.2 Å². The molecule has 1 aromatic heterocycles. The average molecular weight is 646 g/mol. The number of carbonyl (C=O) groups excluding carboxylic acids is 3. The predicted octanol–water partition coefficient (Wildman–Crippen LogP) is 2.77. The van der Waals surface area contributed by atoms with Gasteiger partial charge in [0.1, 0.15) is 17.9 Å². The second-order valence-electron chi connectivity index (χ2n) is 10.0. The van der Waals surface area contributed by atoms with Gasteiger partial charge in [0.2, 0.25) is 11.8 Å². The minimum Gasteiger partial charge on any atom is -0.481 e. The first kappa shape index (κ1) is 35.9. The van der Waals surface area contributed by atoms with E-state index in [1.165, 1.54) is 4.90 Å². The Labute approximate surface area is 254 Å². The quantitative estimate of drug-likeness (QED) is 0.254. The van der Waals surface area contributed by atoms with Crippen LogP contribution in [0.1, 0.15) is 39.2 Å². The lowest BCUT2D eigenvalue weighted by Gasteiger charge is -2.36. The Balaban J connectivity index is 0.000000860. The molecule has 17 heteroatoms. The summed E-state index contributed by atoms with van der Waals surface area (Å²) in [5, 5.41) is 23.5. The number of nitrogens with two attached hydrogens (primary N) is 1. The molecule has 2 heterocycles. The van der Waals surface area contributed by atoms with Crippen molar-refractivity contribution in [3.63, 3.8) is 0 Å². The van der Waals surface area contributed by atoms with Gasteiger partial charge in [0.15, 0.2) is 0 Å². The molecular weight excluding hydrogens is 611 g/mol. The maximum Gasteiger partial charge on any atom is 0.490 e. The minimum atomic E-state index is -5.08. The van der Waals surface area contributed by atoms with Gasteiger partial charge in [-0.3, -0.25) is 14.4 Å². The number of fused-ring (bicyclic) bond motifs is 1. The average Bonchev–Trinajstić information content (AvgIpc) is 3.43. The van der Waals surface area contributed by atoms with Crippen molar-refractivity contribution in [2.45, 2.75) is 63.2 Å². The maximum absolute atomic E-state index is 13.6. The van der Waals surface area contributed by atoms with Crippen molar-refractivity contribution in [2.24, 2.45) is 0 Å². The second kappa shape index (κ2) is 15.4. The zero-order valence-corrected chi connectivity index (χ0v) is 25.0. The lowest BCUT2D eigenvalue weighted by molar-refractivity contribution is -0.192. The fourth-order valence-corrected chi connectivity index (χ4v) is 5.11. The molecule has 0 radical (unpaired) electrons.